The van der Waals surface area contributed by atoms with Gasteiger partial charge in [-0.3, -0.25) is 0 Å². The maximum atomic E-state index is 8.98. The van der Waals surface area contributed by atoms with Gasteiger partial charge in [0.2, 0.25) is 11.8 Å². The molecule has 0 atom stereocenters. The monoisotopic (exact) mass is 366 g/mol. The largest absolute Gasteiger partial charge is 0.313 e. The van der Waals surface area contributed by atoms with Gasteiger partial charge in [0.05, 0.1) is 6.20 Å². The first kappa shape index (κ1) is 18.2. The Morgan fingerprint density at radius 3 is 2.36 bits per heavy atom. The predicted molar refractivity (Wildman–Crippen MR) is 105 cm³/mol. The molecule has 8 heteroatoms. The van der Waals surface area contributed by atoms with E-state index in [1.807, 2.05) is 78.9 Å². The third kappa shape index (κ3) is 4.75. The Morgan fingerprint density at radius 2 is 1.71 bits per heavy atom. The highest BCUT2D eigenvalue weighted by atomic mass is 15.4. The summed E-state index contributed by atoms with van der Waals surface area (Å²) in [6.45, 7) is 0. The van der Waals surface area contributed by atoms with Crippen LogP contribution in [0.4, 0.5) is 5.95 Å². The molecule has 134 valence electrons. The number of hydrogen-bond donors (Lipinski definition) is 2. The van der Waals surface area contributed by atoms with Gasteiger partial charge in [-0.25, -0.2) is 5.43 Å². The highest BCUT2D eigenvalue weighted by Gasteiger charge is 2.09. The molecule has 1 aromatic heterocycles. The Hall–Kier alpha value is -4.56. The second-order valence-electron chi connectivity index (χ2n) is 5.39. The molecule has 0 radical (unpaired) electrons. The smallest absolute Gasteiger partial charge is 0.223 e. The van der Waals surface area contributed by atoms with E-state index in [-0.39, 0.29) is 17.3 Å². The summed E-state index contributed by atoms with van der Waals surface area (Å²) < 4.78 is 0. The number of amidine groups is 1. The molecule has 0 amide bonds. The number of H-pyrrole nitrogens is 1. The summed E-state index contributed by atoms with van der Waals surface area (Å²) in [5.74, 6) is 0.475. The topological polar surface area (TPSA) is 125 Å². The molecular formula is C20H14N8. The molecular weight excluding hydrogens is 352 g/mol. The van der Waals surface area contributed by atoms with Crippen molar-refractivity contribution in [2.75, 3.05) is 5.43 Å². The van der Waals surface area contributed by atoms with E-state index >= 15 is 0 Å². The number of nitrogens with zero attached hydrogens (tertiary/aromatic N) is 6. The normalized spacial score (nSPS) is 11.4. The van der Waals surface area contributed by atoms with E-state index in [4.69, 9.17) is 10.5 Å². The van der Waals surface area contributed by atoms with Crippen molar-refractivity contribution in [1.82, 2.24) is 9.97 Å². The highest BCUT2D eigenvalue weighted by molar-refractivity contribution is 5.99. The van der Waals surface area contributed by atoms with Gasteiger partial charge >= 0.3 is 0 Å². The number of azo groups is 1. The fraction of sp³-hybridized carbons (Fsp3) is 0. The van der Waals surface area contributed by atoms with Crippen LogP contribution in [0.15, 0.2) is 82.2 Å². The van der Waals surface area contributed by atoms with E-state index in [1.54, 1.807) is 6.20 Å². The zero-order valence-corrected chi connectivity index (χ0v) is 14.6. The van der Waals surface area contributed by atoms with Crippen molar-refractivity contribution in [3.05, 3.63) is 89.4 Å². The summed E-state index contributed by atoms with van der Waals surface area (Å²) in [7, 11) is 0. The molecule has 2 aromatic carbocycles. The van der Waals surface area contributed by atoms with Crippen molar-refractivity contribution in [2.24, 2.45) is 15.3 Å². The number of hydrazone groups is 1. The zero-order valence-electron chi connectivity index (χ0n) is 14.6. The molecule has 0 aliphatic heterocycles. The Bertz CT molecular complexity index is 1070. The highest BCUT2D eigenvalue weighted by Crippen LogP contribution is 2.10. The van der Waals surface area contributed by atoms with Crippen LogP contribution in [0.2, 0.25) is 0 Å². The molecule has 3 rings (SSSR count). The lowest BCUT2D eigenvalue weighted by Gasteiger charge is -2.00. The third-order valence-corrected chi connectivity index (χ3v) is 3.51. The minimum Gasteiger partial charge on any atom is -0.313 e. The first-order chi connectivity index (χ1) is 13.8. The maximum absolute atomic E-state index is 8.98. The second-order valence-corrected chi connectivity index (χ2v) is 5.39. The van der Waals surface area contributed by atoms with Crippen molar-refractivity contribution >= 4 is 17.9 Å². The predicted octanol–water partition coefficient (Wildman–Crippen LogP) is 4.05. The standard InChI is InChI=1S/C20H14N8/c21-13-17-18(14-22)25-20(24-17)28-27-19(16-9-5-2-6-10-16)26-23-12-11-15-7-3-1-4-8-15/h1-12H,(H2,24,25,28)/b12-11?,26-23+,27-19-. The van der Waals surface area contributed by atoms with Crippen LogP contribution >= 0.6 is 0 Å². The number of imidazole rings is 1. The number of aromatic amines is 1. The van der Waals surface area contributed by atoms with E-state index < -0.39 is 0 Å². The molecule has 3 aromatic rings. The van der Waals surface area contributed by atoms with Gasteiger partial charge in [-0.15, -0.1) is 5.11 Å². The number of nitriles is 2. The van der Waals surface area contributed by atoms with E-state index in [0.29, 0.717) is 5.84 Å². The Labute approximate surface area is 161 Å². The van der Waals surface area contributed by atoms with Crippen LogP contribution in [0.5, 0.6) is 0 Å². The summed E-state index contributed by atoms with van der Waals surface area (Å²) in [6.07, 6.45) is 3.40. The second kappa shape index (κ2) is 9.22. The number of rotatable bonds is 5. The van der Waals surface area contributed by atoms with Crippen LogP contribution in [0, 0.1) is 22.7 Å². The van der Waals surface area contributed by atoms with Gasteiger partial charge in [-0.05, 0) is 11.6 Å². The molecule has 0 spiro atoms. The lowest BCUT2D eigenvalue weighted by atomic mass is 10.2. The molecule has 0 aliphatic carbocycles. The number of hydrogen-bond acceptors (Lipinski definition) is 6. The van der Waals surface area contributed by atoms with Crippen molar-refractivity contribution in [3.63, 3.8) is 0 Å². The molecule has 0 aliphatic rings. The molecule has 0 saturated carbocycles. The number of nitrogens with one attached hydrogen (secondary N) is 2. The van der Waals surface area contributed by atoms with Crippen LogP contribution in [0.1, 0.15) is 22.5 Å². The quantitative estimate of drug-likeness (QED) is 0.306. The molecule has 28 heavy (non-hydrogen) atoms. The third-order valence-electron chi connectivity index (χ3n) is 3.51. The van der Waals surface area contributed by atoms with Gasteiger partial charge in [-0.1, -0.05) is 60.7 Å². The summed E-state index contributed by atoms with van der Waals surface area (Å²) in [6, 6.07) is 22.7. The molecule has 8 nitrogen and oxygen atoms in total. The summed E-state index contributed by atoms with van der Waals surface area (Å²) in [4.78, 5) is 6.64. The van der Waals surface area contributed by atoms with E-state index in [1.165, 1.54) is 0 Å². The fourth-order valence-corrected chi connectivity index (χ4v) is 2.20. The van der Waals surface area contributed by atoms with Gasteiger partial charge in [0, 0.05) is 5.56 Å². The molecule has 0 unspecified atom stereocenters. The molecule has 0 fully saturated rings. The first-order valence-electron chi connectivity index (χ1n) is 8.22. The lowest BCUT2D eigenvalue weighted by Crippen LogP contribution is -2.01. The molecule has 0 saturated heterocycles. The van der Waals surface area contributed by atoms with Crippen LogP contribution < -0.4 is 5.43 Å². The minimum absolute atomic E-state index is 0.00566. The Morgan fingerprint density at radius 1 is 1.00 bits per heavy atom. The van der Waals surface area contributed by atoms with Gasteiger partial charge in [0.1, 0.15) is 12.1 Å². The van der Waals surface area contributed by atoms with Gasteiger partial charge in [0.15, 0.2) is 11.4 Å². The van der Waals surface area contributed by atoms with Crippen LogP contribution in [-0.2, 0) is 0 Å². The lowest BCUT2D eigenvalue weighted by molar-refractivity contribution is 1.16. The SMILES string of the molecule is N#Cc1nc(N/N=C(\N=N\C=Cc2ccccc2)c2ccccc2)[nH]c1C#N. The fourth-order valence-electron chi connectivity index (χ4n) is 2.20. The average molecular weight is 366 g/mol. The van der Waals surface area contributed by atoms with Crippen molar-refractivity contribution in [1.29, 1.82) is 10.5 Å². The van der Waals surface area contributed by atoms with E-state index in [2.05, 4.69) is 30.7 Å². The first-order valence-corrected chi connectivity index (χ1v) is 8.22. The van der Waals surface area contributed by atoms with Gasteiger partial charge in [0.25, 0.3) is 0 Å². The molecule has 2 N–H and O–H groups in total. The molecule has 0 bridgehead atoms. The van der Waals surface area contributed by atoms with Gasteiger partial charge in [-0.2, -0.15) is 25.7 Å². The van der Waals surface area contributed by atoms with Gasteiger partial charge < -0.3 is 4.98 Å². The van der Waals surface area contributed by atoms with E-state index in [9.17, 15) is 0 Å². The van der Waals surface area contributed by atoms with Crippen LogP contribution in [-0.4, -0.2) is 15.8 Å². The van der Waals surface area contributed by atoms with Crippen LogP contribution in [0.3, 0.4) is 0 Å². The minimum atomic E-state index is -0.00566. The van der Waals surface area contributed by atoms with Crippen molar-refractivity contribution in [2.45, 2.75) is 0 Å². The van der Waals surface area contributed by atoms with Crippen LogP contribution in [0.25, 0.3) is 6.08 Å². The van der Waals surface area contributed by atoms with Crippen molar-refractivity contribution < 1.29 is 0 Å². The van der Waals surface area contributed by atoms with Crippen molar-refractivity contribution in [3.8, 4) is 12.1 Å². The number of anilines is 1. The maximum Gasteiger partial charge on any atom is 0.223 e. The summed E-state index contributed by atoms with van der Waals surface area (Å²) in [5.41, 5.74) is 4.47. The summed E-state index contributed by atoms with van der Waals surface area (Å²) in [5, 5.41) is 30.3. The average Bonchev–Trinajstić information content (AvgIpc) is 3.17. The zero-order chi connectivity index (χ0) is 19.6. The number of aromatic nitrogens is 2. The Kier molecular flexibility index (Phi) is 6.01. The van der Waals surface area contributed by atoms with E-state index in [0.717, 1.165) is 11.1 Å². The number of benzene rings is 2. The summed E-state index contributed by atoms with van der Waals surface area (Å²) >= 11 is 0. The Balaban J connectivity index is 1.81. The molecule has 1 heterocycles.